The molecule has 1 saturated heterocycles. The van der Waals surface area contributed by atoms with Crippen molar-refractivity contribution in [3.8, 4) is 16.9 Å². The van der Waals surface area contributed by atoms with Crippen LogP contribution in [0.3, 0.4) is 0 Å². The summed E-state index contributed by atoms with van der Waals surface area (Å²) in [4.78, 5) is 25.8. The highest BCUT2D eigenvalue weighted by molar-refractivity contribution is 6.35. The van der Waals surface area contributed by atoms with Crippen LogP contribution >= 0.6 is 11.6 Å². The standard InChI is InChI=1S/C31H29ClN4O2/c32-28-6-2-4-24-21-36(31(37)30(24)28)26-5-1-3-23(19-26)27-20-34-15-9-29(27)38-18-12-22-10-16-35(17-11-22)25-7-13-33-14-8-25/h1-9,13-15,19-20,22H,10-12,16-18,21H2. The summed E-state index contributed by atoms with van der Waals surface area (Å²) < 4.78 is 6.30. The first kappa shape index (κ1) is 24.4. The van der Waals surface area contributed by atoms with E-state index in [1.165, 1.54) is 5.69 Å². The van der Waals surface area contributed by atoms with Crippen LogP contribution in [0, 0.1) is 5.92 Å². The van der Waals surface area contributed by atoms with E-state index < -0.39 is 0 Å². The molecule has 6 nitrogen and oxygen atoms in total. The molecule has 0 unspecified atom stereocenters. The van der Waals surface area contributed by atoms with Gasteiger partial charge in [-0.05, 0) is 72.7 Å². The van der Waals surface area contributed by atoms with Gasteiger partial charge in [-0.1, -0.05) is 35.9 Å². The number of aromatic nitrogens is 2. The fourth-order valence-electron chi connectivity index (χ4n) is 5.46. The SMILES string of the molecule is O=C1c2c(Cl)cccc2CN1c1cccc(-c2cnccc2OCCC2CCN(c3ccncc3)CC2)c1. The van der Waals surface area contributed by atoms with Crippen LogP contribution in [0.15, 0.2) is 85.5 Å². The van der Waals surface area contributed by atoms with Crippen LogP contribution < -0.4 is 14.5 Å². The fourth-order valence-corrected chi connectivity index (χ4v) is 5.74. The molecule has 38 heavy (non-hydrogen) atoms. The Kier molecular flexibility index (Phi) is 6.97. The third kappa shape index (κ3) is 4.96. The van der Waals surface area contributed by atoms with Gasteiger partial charge in [-0.25, -0.2) is 0 Å². The molecule has 4 heterocycles. The minimum atomic E-state index is -0.0691. The van der Waals surface area contributed by atoms with Gasteiger partial charge in [-0.2, -0.15) is 0 Å². The molecule has 2 aliphatic rings. The smallest absolute Gasteiger partial charge is 0.260 e. The maximum Gasteiger partial charge on any atom is 0.260 e. The Balaban J connectivity index is 1.11. The van der Waals surface area contributed by atoms with Crippen LogP contribution in [0.5, 0.6) is 5.75 Å². The second-order valence-electron chi connectivity index (χ2n) is 9.86. The van der Waals surface area contributed by atoms with Crippen molar-refractivity contribution in [3.63, 3.8) is 0 Å². The van der Waals surface area contributed by atoms with E-state index in [4.69, 9.17) is 16.3 Å². The maximum atomic E-state index is 13.1. The van der Waals surface area contributed by atoms with E-state index >= 15 is 0 Å². The second-order valence-corrected chi connectivity index (χ2v) is 10.3. The molecule has 2 aromatic heterocycles. The first-order valence-electron chi connectivity index (χ1n) is 13.1. The Morgan fingerprint density at radius 2 is 1.71 bits per heavy atom. The molecule has 0 spiro atoms. The topological polar surface area (TPSA) is 58.6 Å². The number of anilines is 2. The summed E-state index contributed by atoms with van der Waals surface area (Å²) in [5, 5.41) is 0.497. The zero-order chi connectivity index (χ0) is 25.9. The number of hydrogen-bond donors (Lipinski definition) is 0. The number of ether oxygens (including phenoxy) is 1. The normalized spacial score (nSPS) is 15.6. The Morgan fingerprint density at radius 3 is 2.53 bits per heavy atom. The fraction of sp³-hybridized carbons (Fsp3) is 0.258. The maximum absolute atomic E-state index is 13.1. The van der Waals surface area contributed by atoms with E-state index in [1.54, 1.807) is 17.2 Å². The summed E-state index contributed by atoms with van der Waals surface area (Å²) in [7, 11) is 0. The number of carbonyl (C=O) groups excluding carboxylic acids is 1. The first-order valence-corrected chi connectivity index (χ1v) is 13.5. The summed E-state index contributed by atoms with van der Waals surface area (Å²) in [5.74, 6) is 1.39. The molecule has 0 atom stereocenters. The van der Waals surface area contributed by atoms with Crippen LogP contribution in [0.1, 0.15) is 35.2 Å². The second kappa shape index (κ2) is 10.8. The lowest BCUT2D eigenvalue weighted by atomic mass is 9.93. The largest absolute Gasteiger partial charge is 0.493 e. The highest BCUT2D eigenvalue weighted by Crippen LogP contribution is 2.36. The molecule has 7 heteroatoms. The number of rotatable bonds is 7. The lowest BCUT2D eigenvalue weighted by molar-refractivity contribution is 0.0997. The van der Waals surface area contributed by atoms with Gasteiger partial charge >= 0.3 is 0 Å². The Hall–Kier alpha value is -3.90. The van der Waals surface area contributed by atoms with E-state index in [0.717, 1.165) is 60.5 Å². The van der Waals surface area contributed by atoms with Crippen molar-refractivity contribution >= 4 is 28.9 Å². The molecule has 192 valence electrons. The number of carbonyl (C=O) groups is 1. The van der Waals surface area contributed by atoms with Crippen LogP contribution in [0.25, 0.3) is 11.1 Å². The summed E-state index contributed by atoms with van der Waals surface area (Å²) in [5.41, 5.74) is 5.51. The van der Waals surface area contributed by atoms with Crippen LogP contribution in [-0.2, 0) is 6.54 Å². The molecule has 4 aromatic rings. The van der Waals surface area contributed by atoms with Gasteiger partial charge in [-0.3, -0.25) is 14.8 Å². The highest BCUT2D eigenvalue weighted by atomic mass is 35.5. The molecular weight excluding hydrogens is 496 g/mol. The lowest BCUT2D eigenvalue weighted by Gasteiger charge is -2.33. The third-order valence-corrected chi connectivity index (χ3v) is 7.88. The number of hydrogen-bond acceptors (Lipinski definition) is 5. The molecule has 0 N–H and O–H groups in total. The Labute approximate surface area is 227 Å². The number of benzene rings is 2. The molecule has 2 aliphatic heterocycles. The quantitative estimate of drug-likeness (QED) is 0.271. The number of piperidine rings is 1. The van der Waals surface area contributed by atoms with Gasteiger partial charge in [0.2, 0.25) is 0 Å². The van der Waals surface area contributed by atoms with Gasteiger partial charge in [0.1, 0.15) is 5.75 Å². The van der Waals surface area contributed by atoms with Crippen LogP contribution in [-0.4, -0.2) is 35.6 Å². The molecular formula is C31H29ClN4O2. The van der Waals surface area contributed by atoms with Crippen molar-refractivity contribution in [1.29, 1.82) is 0 Å². The summed E-state index contributed by atoms with van der Waals surface area (Å²) in [6, 6.07) is 19.7. The molecule has 1 fully saturated rings. The van der Waals surface area contributed by atoms with E-state index in [1.807, 2.05) is 61.1 Å². The molecule has 6 rings (SSSR count). The van der Waals surface area contributed by atoms with Crippen molar-refractivity contribution in [3.05, 3.63) is 102 Å². The monoisotopic (exact) mass is 524 g/mol. The van der Waals surface area contributed by atoms with Gasteiger partial charge < -0.3 is 14.5 Å². The summed E-state index contributed by atoms with van der Waals surface area (Å²) in [6.45, 7) is 3.29. The van der Waals surface area contributed by atoms with Crippen molar-refractivity contribution in [1.82, 2.24) is 9.97 Å². The summed E-state index contributed by atoms with van der Waals surface area (Å²) in [6.07, 6.45) is 10.6. The van der Waals surface area contributed by atoms with Gasteiger partial charge in [0.25, 0.3) is 5.91 Å². The minimum absolute atomic E-state index is 0.0691. The molecule has 2 aromatic carbocycles. The number of halogens is 1. The van der Waals surface area contributed by atoms with Crippen LogP contribution in [0.4, 0.5) is 11.4 Å². The predicted octanol–water partition coefficient (Wildman–Crippen LogP) is 6.64. The Bertz CT molecular complexity index is 1440. The number of nitrogens with zero attached hydrogens (tertiary/aromatic N) is 4. The summed E-state index contributed by atoms with van der Waals surface area (Å²) >= 11 is 6.33. The van der Waals surface area contributed by atoms with E-state index in [2.05, 4.69) is 27.0 Å². The average Bonchev–Trinajstić information content (AvgIpc) is 3.31. The van der Waals surface area contributed by atoms with Crippen molar-refractivity contribution in [2.75, 3.05) is 29.5 Å². The minimum Gasteiger partial charge on any atom is -0.493 e. The Morgan fingerprint density at radius 1 is 0.921 bits per heavy atom. The average molecular weight is 525 g/mol. The number of amides is 1. The molecule has 0 aliphatic carbocycles. The van der Waals surface area contributed by atoms with E-state index in [-0.39, 0.29) is 5.91 Å². The molecule has 0 radical (unpaired) electrons. The van der Waals surface area contributed by atoms with Crippen molar-refractivity contribution in [2.24, 2.45) is 5.92 Å². The zero-order valence-corrected chi connectivity index (χ0v) is 21.8. The number of pyridine rings is 2. The highest BCUT2D eigenvalue weighted by Gasteiger charge is 2.30. The third-order valence-electron chi connectivity index (χ3n) is 7.56. The molecule has 1 amide bonds. The van der Waals surface area contributed by atoms with E-state index in [0.29, 0.717) is 29.7 Å². The van der Waals surface area contributed by atoms with Crippen molar-refractivity contribution < 1.29 is 9.53 Å². The molecule has 0 saturated carbocycles. The first-order chi connectivity index (χ1) is 18.7. The van der Waals surface area contributed by atoms with Crippen LogP contribution in [0.2, 0.25) is 5.02 Å². The van der Waals surface area contributed by atoms with Gasteiger partial charge in [-0.15, -0.1) is 0 Å². The number of fused-ring (bicyclic) bond motifs is 1. The molecule has 0 bridgehead atoms. The van der Waals surface area contributed by atoms with E-state index in [9.17, 15) is 4.79 Å². The van der Waals surface area contributed by atoms with Gasteiger partial charge in [0.05, 0.1) is 23.7 Å². The lowest BCUT2D eigenvalue weighted by Crippen LogP contribution is -2.34. The van der Waals surface area contributed by atoms with Gasteiger partial charge in [0, 0.05) is 54.8 Å². The van der Waals surface area contributed by atoms with Gasteiger partial charge in [0.15, 0.2) is 0 Å². The predicted molar refractivity (Wildman–Crippen MR) is 151 cm³/mol. The van der Waals surface area contributed by atoms with Crippen molar-refractivity contribution in [2.45, 2.75) is 25.8 Å². The zero-order valence-electron chi connectivity index (χ0n) is 21.1.